The molecular weight excluding hydrogens is 236 g/mol. The molecule has 1 heterocycles. The molecule has 0 radical (unpaired) electrons. The van der Waals surface area contributed by atoms with Crippen LogP contribution in [0.5, 0.6) is 0 Å². The van der Waals surface area contributed by atoms with Gasteiger partial charge < -0.3 is 18.9 Å². The van der Waals surface area contributed by atoms with Crippen molar-refractivity contribution in [2.24, 2.45) is 5.41 Å². The van der Waals surface area contributed by atoms with E-state index < -0.39 is 18.5 Å². The van der Waals surface area contributed by atoms with Crippen LogP contribution in [0.15, 0.2) is 12.7 Å². The Morgan fingerprint density at radius 3 is 2.61 bits per heavy atom. The Balaban J connectivity index is 2.41. The Morgan fingerprint density at radius 2 is 2.11 bits per heavy atom. The van der Waals surface area contributed by atoms with E-state index in [0.717, 1.165) is 6.08 Å². The molecule has 1 atom stereocenters. The van der Waals surface area contributed by atoms with Gasteiger partial charge in [-0.25, -0.2) is 4.79 Å². The first kappa shape index (κ1) is 15.1. The molecule has 5 nitrogen and oxygen atoms in total. The molecule has 1 saturated heterocycles. The maximum absolute atomic E-state index is 11.1. The fourth-order valence-electron chi connectivity index (χ4n) is 1.53. The quantitative estimate of drug-likeness (QED) is 0.413. The molecule has 0 bridgehead atoms. The number of carbonyl (C=O) groups is 1. The minimum absolute atomic E-state index is 0.0232. The van der Waals surface area contributed by atoms with Crippen LogP contribution in [-0.4, -0.2) is 38.4 Å². The van der Waals surface area contributed by atoms with Crippen LogP contribution in [-0.2, 0) is 23.7 Å². The molecule has 0 aromatic rings. The molecule has 0 spiro atoms. The first-order chi connectivity index (χ1) is 8.46. The summed E-state index contributed by atoms with van der Waals surface area (Å²) in [6, 6.07) is 0. The van der Waals surface area contributed by atoms with E-state index >= 15 is 0 Å². The van der Waals surface area contributed by atoms with E-state index in [2.05, 4.69) is 20.4 Å². The highest BCUT2D eigenvalue weighted by atomic mass is 16.7. The van der Waals surface area contributed by atoms with Crippen molar-refractivity contribution < 1.29 is 23.7 Å². The van der Waals surface area contributed by atoms with E-state index in [0.29, 0.717) is 26.2 Å². The van der Waals surface area contributed by atoms with Crippen molar-refractivity contribution in [1.29, 1.82) is 0 Å². The van der Waals surface area contributed by atoms with Gasteiger partial charge in [-0.2, -0.15) is 0 Å². The maximum Gasteiger partial charge on any atom is 0.332 e. The Morgan fingerprint density at radius 1 is 1.50 bits per heavy atom. The van der Waals surface area contributed by atoms with Gasteiger partial charge in [0.05, 0.1) is 19.6 Å². The SMILES string of the molecule is C=CC(=O)OC(CC1OCC(C)(C)CO1)OCC. The van der Waals surface area contributed by atoms with Crippen molar-refractivity contribution in [3.05, 3.63) is 12.7 Å². The van der Waals surface area contributed by atoms with Gasteiger partial charge >= 0.3 is 5.97 Å². The molecule has 0 saturated carbocycles. The maximum atomic E-state index is 11.1. The second-order valence-corrected chi connectivity index (χ2v) is 4.98. The average Bonchev–Trinajstić information content (AvgIpc) is 2.32. The van der Waals surface area contributed by atoms with Crippen molar-refractivity contribution in [1.82, 2.24) is 0 Å². The van der Waals surface area contributed by atoms with Crippen LogP contribution < -0.4 is 0 Å². The molecule has 18 heavy (non-hydrogen) atoms. The lowest BCUT2D eigenvalue weighted by atomic mass is 9.95. The topological polar surface area (TPSA) is 54.0 Å². The number of carbonyl (C=O) groups excluding carboxylic acids is 1. The van der Waals surface area contributed by atoms with Crippen LogP contribution in [0.3, 0.4) is 0 Å². The summed E-state index contributed by atoms with van der Waals surface area (Å²) >= 11 is 0. The Kier molecular flexibility index (Phi) is 5.78. The third-order valence-corrected chi connectivity index (χ3v) is 2.47. The molecule has 1 fully saturated rings. The first-order valence-electron chi connectivity index (χ1n) is 6.14. The van der Waals surface area contributed by atoms with E-state index in [1.165, 1.54) is 0 Å². The molecule has 5 heteroatoms. The minimum Gasteiger partial charge on any atom is -0.432 e. The van der Waals surface area contributed by atoms with Gasteiger partial charge in [-0.1, -0.05) is 20.4 Å². The molecule has 0 aromatic carbocycles. The number of hydrogen-bond donors (Lipinski definition) is 0. The molecule has 1 unspecified atom stereocenters. The highest BCUT2D eigenvalue weighted by Crippen LogP contribution is 2.25. The first-order valence-corrected chi connectivity index (χ1v) is 6.14. The second kappa shape index (κ2) is 6.87. The van der Waals surface area contributed by atoms with Crippen LogP contribution >= 0.6 is 0 Å². The zero-order valence-electron chi connectivity index (χ0n) is 11.3. The number of rotatable bonds is 6. The van der Waals surface area contributed by atoms with Crippen molar-refractivity contribution in [3.8, 4) is 0 Å². The van der Waals surface area contributed by atoms with E-state index in [-0.39, 0.29) is 5.41 Å². The Hall–Kier alpha value is -0.910. The molecule has 0 aromatic heterocycles. The lowest BCUT2D eigenvalue weighted by Crippen LogP contribution is -2.40. The average molecular weight is 258 g/mol. The summed E-state index contributed by atoms with van der Waals surface area (Å²) in [6.07, 6.45) is 0.417. The summed E-state index contributed by atoms with van der Waals surface area (Å²) in [5, 5.41) is 0. The Bertz CT molecular complexity index is 277. The fourth-order valence-corrected chi connectivity index (χ4v) is 1.53. The number of ether oxygens (including phenoxy) is 4. The van der Waals surface area contributed by atoms with Crippen LogP contribution in [0.25, 0.3) is 0 Å². The van der Waals surface area contributed by atoms with Crippen molar-refractivity contribution in [2.75, 3.05) is 19.8 Å². The lowest BCUT2D eigenvalue weighted by Gasteiger charge is -2.35. The van der Waals surface area contributed by atoms with E-state index in [1.54, 1.807) is 0 Å². The molecular formula is C13H22O5. The zero-order valence-corrected chi connectivity index (χ0v) is 11.3. The van der Waals surface area contributed by atoms with Gasteiger partial charge in [0.2, 0.25) is 6.29 Å². The third-order valence-electron chi connectivity index (χ3n) is 2.47. The molecule has 104 valence electrons. The van der Waals surface area contributed by atoms with Gasteiger partial charge in [-0.3, -0.25) is 0 Å². The molecule has 0 N–H and O–H groups in total. The van der Waals surface area contributed by atoms with Gasteiger partial charge in [0.1, 0.15) is 0 Å². The van der Waals surface area contributed by atoms with Gasteiger partial charge in [-0.15, -0.1) is 0 Å². The highest BCUT2D eigenvalue weighted by Gasteiger charge is 2.30. The van der Waals surface area contributed by atoms with Crippen LogP contribution in [0, 0.1) is 5.41 Å². The normalized spacial score (nSPS) is 21.3. The largest absolute Gasteiger partial charge is 0.432 e. The van der Waals surface area contributed by atoms with Gasteiger partial charge in [0.15, 0.2) is 6.29 Å². The van der Waals surface area contributed by atoms with Gasteiger partial charge in [0, 0.05) is 18.1 Å². The molecule has 1 aliphatic rings. The van der Waals surface area contributed by atoms with E-state index in [4.69, 9.17) is 18.9 Å². The predicted molar refractivity (Wildman–Crippen MR) is 65.8 cm³/mol. The molecule has 1 rings (SSSR count). The standard InChI is InChI=1S/C13H22O5/c1-5-10(14)18-12(15-6-2)7-11-16-8-13(3,4)9-17-11/h5,11-12H,1,6-9H2,2-4H3. The summed E-state index contributed by atoms with van der Waals surface area (Å²) in [5.74, 6) is -0.510. The molecule has 1 aliphatic heterocycles. The van der Waals surface area contributed by atoms with Gasteiger partial charge in [-0.05, 0) is 6.92 Å². The zero-order chi connectivity index (χ0) is 13.6. The van der Waals surface area contributed by atoms with Crippen molar-refractivity contribution in [3.63, 3.8) is 0 Å². The van der Waals surface area contributed by atoms with Crippen LogP contribution in [0.4, 0.5) is 0 Å². The number of esters is 1. The predicted octanol–water partition coefficient (Wildman–Crippen LogP) is 1.87. The van der Waals surface area contributed by atoms with Crippen LogP contribution in [0.1, 0.15) is 27.2 Å². The fraction of sp³-hybridized carbons (Fsp3) is 0.769. The van der Waals surface area contributed by atoms with Gasteiger partial charge in [0.25, 0.3) is 0 Å². The van der Waals surface area contributed by atoms with Crippen LogP contribution in [0.2, 0.25) is 0 Å². The van der Waals surface area contributed by atoms with Crippen molar-refractivity contribution >= 4 is 5.97 Å². The lowest BCUT2D eigenvalue weighted by molar-refractivity contribution is -0.252. The second-order valence-electron chi connectivity index (χ2n) is 4.98. The monoisotopic (exact) mass is 258 g/mol. The third kappa shape index (κ3) is 5.16. The summed E-state index contributed by atoms with van der Waals surface area (Å²) < 4.78 is 21.5. The van der Waals surface area contributed by atoms with Crippen molar-refractivity contribution in [2.45, 2.75) is 39.8 Å². The highest BCUT2D eigenvalue weighted by molar-refractivity contribution is 5.81. The summed E-state index contributed by atoms with van der Waals surface area (Å²) in [6.45, 7) is 11.0. The minimum atomic E-state index is -0.660. The summed E-state index contributed by atoms with van der Waals surface area (Å²) in [7, 11) is 0. The molecule has 0 aliphatic carbocycles. The van der Waals surface area contributed by atoms with E-state index in [9.17, 15) is 4.79 Å². The smallest absolute Gasteiger partial charge is 0.332 e. The summed E-state index contributed by atoms with van der Waals surface area (Å²) in [5.41, 5.74) is 0.0232. The van der Waals surface area contributed by atoms with E-state index in [1.807, 2.05) is 6.92 Å². The molecule has 0 amide bonds. The summed E-state index contributed by atoms with van der Waals surface area (Å²) in [4.78, 5) is 11.1. The number of hydrogen-bond acceptors (Lipinski definition) is 5. The Labute approximate surface area is 108 Å².